The molecule has 4 heteroatoms. The van der Waals surface area contributed by atoms with Crippen LogP contribution in [0.5, 0.6) is 5.75 Å². The number of nitrogens with zero attached hydrogens (tertiary/aromatic N) is 2. The topological polar surface area (TPSA) is 32.8 Å². The van der Waals surface area contributed by atoms with Crippen LogP contribution in [-0.4, -0.2) is 42.8 Å². The number of ether oxygens (including phenoxy) is 1. The van der Waals surface area contributed by atoms with Gasteiger partial charge in [0, 0.05) is 25.2 Å². The van der Waals surface area contributed by atoms with E-state index >= 15 is 0 Å². The number of hydrogen-bond donors (Lipinski definition) is 0. The van der Waals surface area contributed by atoms with Gasteiger partial charge in [0.2, 0.25) is 0 Å². The number of carbonyl (C=O) groups is 1. The average molecular weight is 364 g/mol. The van der Waals surface area contributed by atoms with E-state index in [1.165, 1.54) is 29.5 Å². The monoisotopic (exact) mass is 364 g/mol. The summed E-state index contributed by atoms with van der Waals surface area (Å²) in [6, 6.07) is 16.6. The van der Waals surface area contributed by atoms with Crippen LogP contribution in [0.15, 0.2) is 48.5 Å². The quantitative estimate of drug-likeness (QED) is 0.733. The third kappa shape index (κ3) is 3.92. The number of aldehydes is 1. The van der Waals surface area contributed by atoms with E-state index in [1.54, 1.807) is 7.11 Å². The van der Waals surface area contributed by atoms with Gasteiger partial charge in [-0.15, -0.1) is 0 Å². The minimum Gasteiger partial charge on any atom is -0.496 e. The van der Waals surface area contributed by atoms with Crippen molar-refractivity contribution in [1.82, 2.24) is 9.80 Å². The maximum atomic E-state index is 11.7. The molecule has 0 N–H and O–H groups in total. The molecule has 2 aromatic rings. The highest BCUT2D eigenvalue weighted by molar-refractivity contribution is 5.64. The first-order chi connectivity index (χ1) is 13.3. The van der Waals surface area contributed by atoms with Crippen LogP contribution >= 0.6 is 0 Å². The van der Waals surface area contributed by atoms with Crippen molar-refractivity contribution in [1.29, 1.82) is 0 Å². The molecule has 1 saturated heterocycles. The summed E-state index contributed by atoms with van der Waals surface area (Å²) in [5, 5.41) is 0. The van der Waals surface area contributed by atoms with E-state index in [-0.39, 0.29) is 6.04 Å². The molecule has 2 aliphatic heterocycles. The second kappa shape index (κ2) is 8.24. The number of fused-ring (bicyclic) bond motifs is 1. The number of likely N-dealkylation sites (tertiary alicyclic amines) is 1. The van der Waals surface area contributed by atoms with E-state index < -0.39 is 0 Å². The van der Waals surface area contributed by atoms with Crippen LogP contribution in [0, 0.1) is 5.92 Å². The van der Waals surface area contributed by atoms with Crippen molar-refractivity contribution in [2.75, 3.05) is 26.7 Å². The Morgan fingerprint density at radius 1 is 1.07 bits per heavy atom. The van der Waals surface area contributed by atoms with Crippen molar-refractivity contribution in [3.05, 3.63) is 65.2 Å². The van der Waals surface area contributed by atoms with Crippen molar-refractivity contribution in [2.45, 2.75) is 32.0 Å². The molecule has 0 aliphatic carbocycles. The number of hydrogen-bond acceptors (Lipinski definition) is 4. The van der Waals surface area contributed by atoms with Crippen molar-refractivity contribution < 1.29 is 9.53 Å². The van der Waals surface area contributed by atoms with Crippen LogP contribution in [0.2, 0.25) is 0 Å². The van der Waals surface area contributed by atoms with Gasteiger partial charge in [-0.3, -0.25) is 9.80 Å². The molecule has 0 bridgehead atoms. The molecule has 0 spiro atoms. The minimum atomic E-state index is -0.0622. The lowest BCUT2D eigenvalue weighted by molar-refractivity contribution is -0.112. The fourth-order valence-corrected chi connectivity index (χ4v) is 4.55. The van der Waals surface area contributed by atoms with Crippen LogP contribution < -0.4 is 4.74 Å². The molecule has 0 radical (unpaired) electrons. The van der Waals surface area contributed by atoms with Gasteiger partial charge < -0.3 is 9.53 Å². The standard InChI is InChI=1S/C23H28N2O2/c1-27-23-9-5-3-7-20(23)15-24-12-10-18(11-13-24)14-25-16-19-6-2-4-8-21(19)22(25)17-26/h2-9,17-18,22H,10-16H2,1H3. The minimum absolute atomic E-state index is 0.0622. The lowest BCUT2D eigenvalue weighted by Gasteiger charge is -2.35. The zero-order valence-corrected chi connectivity index (χ0v) is 16.0. The molecule has 4 nitrogen and oxygen atoms in total. The van der Waals surface area contributed by atoms with Crippen LogP contribution in [-0.2, 0) is 17.9 Å². The summed E-state index contributed by atoms with van der Waals surface area (Å²) in [5.74, 6) is 1.64. The van der Waals surface area contributed by atoms with Crippen molar-refractivity contribution in [3.8, 4) is 5.75 Å². The maximum absolute atomic E-state index is 11.7. The van der Waals surface area contributed by atoms with E-state index in [2.05, 4.69) is 40.1 Å². The summed E-state index contributed by atoms with van der Waals surface area (Å²) in [6.45, 7) is 5.08. The first-order valence-corrected chi connectivity index (χ1v) is 9.90. The molecule has 27 heavy (non-hydrogen) atoms. The average Bonchev–Trinajstić information content (AvgIpc) is 3.07. The highest BCUT2D eigenvalue weighted by atomic mass is 16.5. The third-order valence-electron chi connectivity index (χ3n) is 6.06. The molecule has 0 saturated carbocycles. The number of para-hydroxylation sites is 1. The van der Waals surface area contributed by atoms with E-state index in [9.17, 15) is 4.79 Å². The molecule has 0 amide bonds. The highest BCUT2D eigenvalue weighted by Gasteiger charge is 2.32. The molecule has 2 aliphatic rings. The first-order valence-electron chi connectivity index (χ1n) is 9.90. The van der Waals surface area contributed by atoms with Gasteiger partial charge in [-0.05, 0) is 49.0 Å². The SMILES string of the molecule is COc1ccccc1CN1CCC(CN2Cc3ccccc3C2C=O)CC1. The molecule has 1 unspecified atom stereocenters. The number of carbonyl (C=O) groups excluding carboxylic acids is 1. The number of piperidine rings is 1. The molecular formula is C23H28N2O2. The van der Waals surface area contributed by atoms with Crippen LogP contribution in [0.1, 0.15) is 35.6 Å². The second-order valence-corrected chi connectivity index (χ2v) is 7.74. The molecule has 0 aromatic heterocycles. The van der Waals surface area contributed by atoms with E-state index in [1.807, 2.05) is 18.2 Å². The summed E-state index contributed by atoms with van der Waals surface area (Å²) in [7, 11) is 1.74. The Morgan fingerprint density at radius 2 is 1.81 bits per heavy atom. The molecule has 4 rings (SSSR count). The number of methoxy groups -OCH3 is 1. The first kappa shape index (κ1) is 18.2. The van der Waals surface area contributed by atoms with Crippen LogP contribution in [0.3, 0.4) is 0 Å². The van der Waals surface area contributed by atoms with Crippen molar-refractivity contribution >= 4 is 6.29 Å². The Labute approximate surface area is 161 Å². The summed E-state index contributed by atoms with van der Waals surface area (Å²) in [4.78, 5) is 16.6. The summed E-state index contributed by atoms with van der Waals surface area (Å²) < 4.78 is 5.49. The highest BCUT2D eigenvalue weighted by Crippen LogP contribution is 2.34. The molecule has 2 aromatic carbocycles. The summed E-state index contributed by atoms with van der Waals surface area (Å²) >= 11 is 0. The summed E-state index contributed by atoms with van der Waals surface area (Å²) in [6.07, 6.45) is 3.49. The van der Waals surface area contributed by atoms with Crippen molar-refractivity contribution in [2.24, 2.45) is 5.92 Å². The number of benzene rings is 2. The predicted molar refractivity (Wildman–Crippen MR) is 107 cm³/mol. The normalized spacial score (nSPS) is 21.1. The number of rotatable bonds is 6. The molecule has 1 fully saturated rings. The Balaban J connectivity index is 1.32. The van der Waals surface area contributed by atoms with E-state index in [0.717, 1.165) is 44.8 Å². The molecular weight excluding hydrogens is 336 g/mol. The predicted octanol–water partition coefficient (Wildman–Crippen LogP) is 3.66. The zero-order chi connectivity index (χ0) is 18.6. The van der Waals surface area contributed by atoms with Crippen LogP contribution in [0.25, 0.3) is 0 Å². The van der Waals surface area contributed by atoms with Crippen LogP contribution in [0.4, 0.5) is 0 Å². The van der Waals surface area contributed by atoms with E-state index in [0.29, 0.717) is 5.92 Å². The Kier molecular flexibility index (Phi) is 5.55. The lowest BCUT2D eigenvalue weighted by Crippen LogP contribution is -2.38. The van der Waals surface area contributed by atoms with Gasteiger partial charge in [0.15, 0.2) is 0 Å². The van der Waals surface area contributed by atoms with Gasteiger partial charge >= 0.3 is 0 Å². The zero-order valence-electron chi connectivity index (χ0n) is 16.0. The van der Waals surface area contributed by atoms with Gasteiger partial charge in [0.1, 0.15) is 12.0 Å². The van der Waals surface area contributed by atoms with Gasteiger partial charge in [0.25, 0.3) is 0 Å². The molecule has 2 heterocycles. The Bertz CT molecular complexity index is 783. The third-order valence-corrected chi connectivity index (χ3v) is 6.06. The van der Waals surface area contributed by atoms with Gasteiger partial charge in [0.05, 0.1) is 13.2 Å². The largest absolute Gasteiger partial charge is 0.496 e. The Hall–Kier alpha value is -2.17. The summed E-state index contributed by atoms with van der Waals surface area (Å²) in [5.41, 5.74) is 3.76. The smallest absolute Gasteiger partial charge is 0.141 e. The van der Waals surface area contributed by atoms with Gasteiger partial charge in [-0.25, -0.2) is 0 Å². The fourth-order valence-electron chi connectivity index (χ4n) is 4.55. The van der Waals surface area contributed by atoms with E-state index in [4.69, 9.17) is 4.74 Å². The fraction of sp³-hybridized carbons (Fsp3) is 0.435. The lowest BCUT2D eigenvalue weighted by atomic mass is 9.95. The molecule has 142 valence electrons. The Morgan fingerprint density at radius 3 is 2.59 bits per heavy atom. The second-order valence-electron chi connectivity index (χ2n) is 7.74. The van der Waals surface area contributed by atoms with Gasteiger partial charge in [-0.1, -0.05) is 42.5 Å². The maximum Gasteiger partial charge on any atom is 0.141 e. The molecule has 1 atom stereocenters. The van der Waals surface area contributed by atoms with Gasteiger partial charge in [-0.2, -0.15) is 0 Å². The van der Waals surface area contributed by atoms with Crippen molar-refractivity contribution in [3.63, 3.8) is 0 Å².